The van der Waals surface area contributed by atoms with Crippen molar-refractivity contribution in [2.75, 3.05) is 5.75 Å². The molecule has 3 rings (SSSR count). The molecule has 7 nitrogen and oxygen atoms in total. The minimum atomic E-state index is -0.314. The number of amides is 2. The summed E-state index contributed by atoms with van der Waals surface area (Å²) in [6, 6.07) is 6.75. The summed E-state index contributed by atoms with van der Waals surface area (Å²) in [5.41, 5.74) is 0.534. The van der Waals surface area contributed by atoms with Crippen molar-refractivity contribution in [3.63, 3.8) is 0 Å². The first-order valence-electron chi connectivity index (χ1n) is 10.7. The topological polar surface area (TPSA) is 88.9 Å². The lowest BCUT2D eigenvalue weighted by Gasteiger charge is -2.22. The molecule has 1 aromatic heterocycles. The number of rotatable bonds is 8. The number of thioether (sulfide) groups is 1. The highest BCUT2D eigenvalue weighted by molar-refractivity contribution is 7.99. The molecule has 1 saturated carbocycles. The molecule has 2 amide bonds. The first-order chi connectivity index (χ1) is 14.8. The standard InChI is InChI=1S/C22H30ClN5O2S/c1-14(2)19(25-21(30)15-9-11-16(23)12-10-15)20-26-27-22(28(20)3)31-13-18(29)24-17-7-5-4-6-8-17/h9-12,14,17,19H,4-8,13H2,1-3H3,(H,24,29)(H,25,30)/t19-/m1/s1. The predicted octanol–water partition coefficient (Wildman–Crippen LogP) is 4.14. The van der Waals surface area contributed by atoms with Crippen molar-refractivity contribution >= 4 is 35.2 Å². The van der Waals surface area contributed by atoms with E-state index in [9.17, 15) is 9.59 Å². The van der Waals surface area contributed by atoms with Crippen LogP contribution in [0.4, 0.5) is 0 Å². The van der Waals surface area contributed by atoms with Gasteiger partial charge in [0.2, 0.25) is 5.91 Å². The fraction of sp³-hybridized carbons (Fsp3) is 0.545. The highest BCUT2D eigenvalue weighted by atomic mass is 35.5. The third kappa shape index (κ3) is 6.46. The van der Waals surface area contributed by atoms with Gasteiger partial charge in [-0.15, -0.1) is 10.2 Å². The highest BCUT2D eigenvalue weighted by Crippen LogP contribution is 2.25. The van der Waals surface area contributed by atoms with E-state index in [1.807, 2.05) is 25.5 Å². The van der Waals surface area contributed by atoms with Crippen LogP contribution in [-0.4, -0.2) is 38.4 Å². The van der Waals surface area contributed by atoms with Crippen molar-refractivity contribution in [3.8, 4) is 0 Å². The molecule has 0 saturated heterocycles. The molecule has 1 aromatic carbocycles. The molecular weight excluding hydrogens is 434 g/mol. The molecule has 0 aliphatic heterocycles. The summed E-state index contributed by atoms with van der Waals surface area (Å²) in [5, 5.41) is 16.0. The lowest BCUT2D eigenvalue weighted by atomic mass is 9.95. The van der Waals surface area contributed by atoms with Crippen LogP contribution in [-0.2, 0) is 11.8 Å². The third-order valence-corrected chi connectivity index (χ3v) is 6.78. The Bertz CT molecular complexity index is 894. The Morgan fingerprint density at radius 3 is 2.48 bits per heavy atom. The molecule has 2 N–H and O–H groups in total. The molecule has 0 unspecified atom stereocenters. The molecule has 1 heterocycles. The number of nitrogens with one attached hydrogen (secondary N) is 2. The monoisotopic (exact) mass is 463 g/mol. The second-order valence-electron chi connectivity index (χ2n) is 8.29. The van der Waals surface area contributed by atoms with E-state index >= 15 is 0 Å². The molecule has 0 radical (unpaired) electrons. The number of benzene rings is 1. The number of carbonyl (C=O) groups is 2. The van der Waals surface area contributed by atoms with Gasteiger partial charge in [-0.05, 0) is 43.0 Å². The van der Waals surface area contributed by atoms with Crippen LogP contribution in [0.5, 0.6) is 0 Å². The number of halogens is 1. The molecule has 31 heavy (non-hydrogen) atoms. The molecule has 1 fully saturated rings. The third-order valence-electron chi connectivity index (χ3n) is 5.51. The molecule has 0 bridgehead atoms. The zero-order valence-corrected chi connectivity index (χ0v) is 19.8. The molecule has 1 aliphatic rings. The Balaban J connectivity index is 1.62. The number of hydrogen-bond acceptors (Lipinski definition) is 5. The maximum Gasteiger partial charge on any atom is 0.251 e. The van der Waals surface area contributed by atoms with Gasteiger partial charge < -0.3 is 15.2 Å². The Morgan fingerprint density at radius 1 is 1.16 bits per heavy atom. The van der Waals surface area contributed by atoms with Gasteiger partial charge in [-0.25, -0.2) is 0 Å². The van der Waals surface area contributed by atoms with Gasteiger partial charge in [0.25, 0.3) is 5.91 Å². The molecular formula is C22H30ClN5O2S. The molecule has 2 aromatic rings. The molecule has 0 spiro atoms. The van der Waals surface area contributed by atoms with Crippen LogP contribution in [0.1, 0.15) is 68.2 Å². The lowest BCUT2D eigenvalue weighted by molar-refractivity contribution is -0.119. The van der Waals surface area contributed by atoms with Gasteiger partial charge in [0.05, 0.1) is 11.8 Å². The zero-order valence-electron chi connectivity index (χ0n) is 18.2. The van der Waals surface area contributed by atoms with Crippen LogP contribution < -0.4 is 10.6 Å². The van der Waals surface area contributed by atoms with Crippen LogP contribution in [0.3, 0.4) is 0 Å². The smallest absolute Gasteiger partial charge is 0.251 e. The maximum atomic E-state index is 12.7. The van der Waals surface area contributed by atoms with Crippen LogP contribution >= 0.6 is 23.4 Å². The van der Waals surface area contributed by atoms with Crippen LogP contribution in [0.25, 0.3) is 0 Å². The number of hydrogen-bond donors (Lipinski definition) is 2. The first kappa shape index (κ1) is 23.6. The van der Waals surface area contributed by atoms with E-state index in [0.29, 0.717) is 33.4 Å². The summed E-state index contributed by atoms with van der Waals surface area (Å²) in [4.78, 5) is 25.0. The van der Waals surface area contributed by atoms with Crippen molar-refractivity contribution in [3.05, 3.63) is 40.7 Å². The Labute approximate surface area is 192 Å². The summed E-state index contributed by atoms with van der Waals surface area (Å²) < 4.78 is 1.85. The van der Waals surface area contributed by atoms with Crippen molar-refractivity contribution in [1.82, 2.24) is 25.4 Å². The van der Waals surface area contributed by atoms with Crippen LogP contribution in [0.15, 0.2) is 29.4 Å². The molecule has 1 atom stereocenters. The zero-order chi connectivity index (χ0) is 22.4. The Kier molecular flexibility index (Phi) is 8.37. The first-order valence-corrected chi connectivity index (χ1v) is 12.1. The van der Waals surface area contributed by atoms with Gasteiger partial charge in [0.1, 0.15) is 0 Å². The van der Waals surface area contributed by atoms with E-state index < -0.39 is 0 Å². The number of carbonyl (C=O) groups excluding carboxylic acids is 2. The van der Waals surface area contributed by atoms with Crippen molar-refractivity contribution in [2.45, 2.75) is 63.2 Å². The quantitative estimate of drug-likeness (QED) is 0.574. The maximum absolute atomic E-state index is 12.7. The fourth-order valence-corrected chi connectivity index (χ4v) is 4.58. The summed E-state index contributed by atoms with van der Waals surface area (Å²) in [7, 11) is 1.86. The largest absolute Gasteiger partial charge is 0.353 e. The second kappa shape index (κ2) is 11.0. The van der Waals surface area contributed by atoms with E-state index in [1.165, 1.54) is 31.0 Å². The molecule has 9 heteroatoms. The number of nitrogens with zero attached hydrogens (tertiary/aromatic N) is 3. The van der Waals surface area contributed by atoms with Crippen LogP contribution in [0, 0.1) is 5.92 Å². The summed E-state index contributed by atoms with van der Waals surface area (Å²) in [6.45, 7) is 4.04. The predicted molar refractivity (Wildman–Crippen MR) is 123 cm³/mol. The normalized spacial score (nSPS) is 15.6. The van der Waals surface area contributed by atoms with Gasteiger partial charge in [-0.1, -0.05) is 56.5 Å². The second-order valence-corrected chi connectivity index (χ2v) is 9.67. The fourth-order valence-electron chi connectivity index (χ4n) is 3.72. The summed E-state index contributed by atoms with van der Waals surface area (Å²) >= 11 is 7.27. The van der Waals surface area contributed by atoms with Gasteiger partial charge >= 0.3 is 0 Å². The van der Waals surface area contributed by atoms with Crippen molar-refractivity contribution in [2.24, 2.45) is 13.0 Å². The van der Waals surface area contributed by atoms with E-state index in [4.69, 9.17) is 11.6 Å². The van der Waals surface area contributed by atoms with Crippen molar-refractivity contribution < 1.29 is 9.59 Å². The SMILES string of the molecule is CC(C)[C@@H](NC(=O)c1ccc(Cl)cc1)c1nnc(SCC(=O)NC2CCCCC2)n1C. The average Bonchev–Trinajstić information content (AvgIpc) is 3.11. The van der Waals surface area contributed by atoms with E-state index in [1.54, 1.807) is 24.3 Å². The minimum Gasteiger partial charge on any atom is -0.353 e. The lowest BCUT2D eigenvalue weighted by Crippen LogP contribution is -2.37. The molecule has 1 aliphatic carbocycles. The minimum absolute atomic E-state index is 0.0258. The van der Waals surface area contributed by atoms with Gasteiger partial charge in [0.15, 0.2) is 11.0 Å². The Morgan fingerprint density at radius 2 is 1.84 bits per heavy atom. The highest BCUT2D eigenvalue weighted by Gasteiger charge is 2.25. The van der Waals surface area contributed by atoms with Gasteiger partial charge in [0, 0.05) is 23.7 Å². The van der Waals surface area contributed by atoms with Gasteiger partial charge in [-0.2, -0.15) is 0 Å². The summed E-state index contributed by atoms with van der Waals surface area (Å²) in [5.74, 6) is 0.891. The Hall–Kier alpha value is -2.06. The van der Waals surface area contributed by atoms with E-state index in [2.05, 4.69) is 20.8 Å². The van der Waals surface area contributed by atoms with Gasteiger partial charge in [-0.3, -0.25) is 9.59 Å². The average molecular weight is 464 g/mol. The molecule has 168 valence electrons. The summed E-state index contributed by atoms with van der Waals surface area (Å²) in [6.07, 6.45) is 5.75. The van der Waals surface area contributed by atoms with Crippen LogP contribution in [0.2, 0.25) is 5.02 Å². The van der Waals surface area contributed by atoms with Crippen molar-refractivity contribution in [1.29, 1.82) is 0 Å². The number of aromatic nitrogens is 3. The van der Waals surface area contributed by atoms with E-state index in [-0.39, 0.29) is 23.8 Å². The van der Waals surface area contributed by atoms with E-state index in [0.717, 1.165) is 12.8 Å².